The molecular formula is C24H39N5O2. The van der Waals surface area contributed by atoms with Gasteiger partial charge in [-0.2, -0.15) is 0 Å². The van der Waals surface area contributed by atoms with E-state index in [1.807, 2.05) is 7.05 Å². The monoisotopic (exact) mass is 429 g/mol. The lowest BCUT2D eigenvalue weighted by Gasteiger charge is -2.36. The van der Waals surface area contributed by atoms with E-state index in [1.54, 1.807) is 0 Å². The van der Waals surface area contributed by atoms with Gasteiger partial charge in [0.1, 0.15) is 0 Å². The summed E-state index contributed by atoms with van der Waals surface area (Å²) < 4.78 is 4.88. The highest BCUT2D eigenvalue weighted by Crippen LogP contribution is 2.19. The van der Waals surface area contributed by atoms with Gasteiger partial charge in [-0.15, -0.1) is 0 Å². The third-order valence-corrected chi connectivity index (χ3v) is 6.46. The Morgan fingerprint density at radius 3 is 2.52 bits per heavy atom. The number of nitrogens with one attached hydrogen (secondary N) is 1. The third kappa shape index (κ3) is 6.86. The van der Waals surface area contributed by atoms with E-state index in [9.17, 15) is 4.79 Å². The lowest BCUT2D eigenvalue weighted by Crippen LogP contribution is -2.47. The highest BCUT2D eigenvalue weighted by molar-refractivity contribution is 5.80. The molecule has 1 N–H and O–H groups in total. The zero-order valence-electron chi connectivity index (χ0n) is 19.5. The number of nitrogens with zero attached hydrogens (tertiary/aromatic N) is 4. The third-order valence-electron chi connectivity index (χ3n) is 6.46. The molecule has 2 saturated heterocycles. The maximum Gasteiger partial charge on any atom is 0.308 e. The fraction of sp³-hybridized carbons (Fsp3) is 0.667. The Balaban J connectivity index is 1.28. The van der Waals surface area contributed by atoms with Gasteiger partial charge in [-0.05, 0) is 56.8 Å². The van der Waals surface area contributed by atoms with Gasteiger partial charge < -0.3 is 19.9 Å². The number of anilines is 1. The molecule has 1 aromatic rings. The van der Waals surface area contributed by atoms with E-state index < -0.39 is 0 Å². The van der Waals surface area contributed by atoms with E-state index in [4.69, 9.17) is 4.74 Å². The van der Waals surface area contributed by atoms with Crippen LogP contribution in [0, 0.1) is 12.8 Å². The normalized spacial score (nSPS) is 18.9. The summed E-state index contributed by atoms with van der Waals surface area (Å²) in [6.07, 6.45) is 4.00. The van der Waals surface area contributed by atoms with E-state index in [0.717, 1.165) is 77.6 Å². The summed E-state index contributed by atoms with van der Waals surface area (Å²) in [5.41, 5.74) is 2.68. The molecule has 2 fully saturated rings. The van der Waals surface area contributed by atoms with Crippen LogP contribution in [-0.2, 0) is 9.53 Å². The first-order chi connectivity index (χ1) is 15.1. The van der Waals surface area contributed by atoms with Crippen molar-refractivity contribution in [2.45, 2.75) is 32.6 Å². The molecule has 2 aliphatic rings. The molecule has 0 aliphatic carbocycles. The maximum atomic E-state index is 11.7. The van der Waals surface area contributed by atoms with Crippen molar-refractivity contribution in [2.75, 3.05) is 71.4 Å². The molecule has 0 radical (unpaired) electrons. The summed E-state index contributed by atoms with van der Waals surface area (Å²) >= 11 is 0. The van der Waals surface area contributed by atoms with Gasteiger partial charge in [0.25, 0.3) is 0 Å². The summed E-state index contributed by atoms with van der Waals surface area (Å²) in [6, 6.07) is 8.82. The van der Waals surface area contributed by atoms with Gasteiger partial charge in [0, 0.05) is 58.5 Å². The molecule has 0 atom stereocenters. The minimum atomic E-state index is -0.0812. The molecule has 7 heteroatoms. The van der Waals surface area contributed by atoms with Crippen molar-refractivity contribution < 1.29 is 9.53 Å². The number of aliphatic imine (C=N–C) groups is 1. The standard InChI is InChI=1S/C24H39N5O2/c1-20-7-6-8-22(19-20)28-17-15-27(16-18-28)12-5-4-11-26-24(25-2)29-13-9-21(10-14-29)23(30)31-3/h6-8,19,21H,4-5,9-18H2,1-3H3,(H,25,26). The first-order valence-electron chi connectivity index (χ1n) is 11.7. The summed E-state index contributed by atoms with van der Waals surface area (Å²) in [6.45, 7) is 10.4. The lowest BCUT2D eigenvalue weighted by molar-refractivity contribution is -0.146. The summed E-state index contributed by atoms with van der Waals surface area (Å²) in [4.78, 5) is 23.5. The Kier molecular flexibility index (Phi) is 9.00. The van der Waals surface area contributed by atoms with Gasteiger partial charge in [-0.3, -0.25) is 14.7 Å². The van der Waals surface area contributed by atoms with Crippen molar-refractivity contribution in [3.8, 4) is 0 Å². The van der Waals surface area contributed by atoms with Crippen molar-refractivity contribution in [3.63, 3.8) is 0 Å². The summed E-state index contributed by atoms with van der Waals surface area (Å²) in [5.74, 6) is 0.906. The largest absolute Gasteiger partial charge is 0.469 e. The number of rotatable bonds is 7. The Labute approximate surface area is 187 Å². The van der Waals surface area contributed by atoms with Crippen molar-refractivity contribution in [2.24, 2.45) is 10.9 Å². The molecule has 0 unspecified atom stereocenters. The van der Waals surface area contributed by atoms with Crippen LogP contribution in [0.1, 0.15) is 31.2 Å². The zero-order valence-corrected chi connectivity index (χ0v) is 19.5. The molecule has 0 saturated carbocycles. The van der Waals surface area contributed by atoms with Crippen LogP contribution in [-0.4, -0.2) is 88.2 Å². The number of guanidine groups is 1. The first-order valence-corrected chi connectivity index (χ1v) is 11.7. The number of unbranched alkanes of at least 4 members (excludes halogenated alkanes) is 1. The van der Waals surface area contributed by atoms with E-state index in [-0.39, 0.29) is 11.9 Å². The van der Waals surface area contributed by atoms with Gasteiger partial charge in [0.05, 0.1) is 13.0 Å². The number of esters is 1. The fourth-order valence-corrected chi connectivity index (χ4v) is 4.54. The van der Waals surface area contributed by atoms with Crippen LogP contribution in [0.15, 0.2) is 29.3 Å². The Hall–Kier alpha value is -2.28. The Morgan fingerprint density at radius 1 is 1.13 bits per heavy atom. The molecule has 0 spiro atoms. The average Bonchev–Trinajstić information content (AvgIpc) is 2.81. The topological polar surface area (TPSA) is 60.4 Å². The highest BCUT2D eigenvalue weighted by atomic mass is 16.5. The summed E-state index contributed by atoms with van der Waals surface area (Å²) in [5, 5.41) is 3.50. The molecule has 3 rings (SSSR count). The maximum absolute atomic E-state index is 11.7. The molecule has 2 heterocycles. The average molecular weight is 430 g/mol. The number of ether oxygens (including phenoxy) is 1. The molecular weight excluding hydrogens is 390 g/mol. The van der Waals surface area contributed by atoms with Gasteiger partial charge in [-0.1, -0.05) is 12.1 Å². The molecule has 2 aliphatic heterocycles. The van der Waals surface area contributed by atoms with E-state index >= 15 is 0 Å². The zero-order chi connectivity index (χ0) is 22.1. The van der Waals surface area contributed by atoms with Crippen molar-refractivity contribution in [1.82, 2.24) is 15.1 Å². The first kappa shape index (κ1) is 23.4. The van der Waals surface area contributed by atoms with Gasteiger partial charge in [0.2, 0.25) is 0 Å². The Morgan fingerprint density at radius 2 is 1.87 bits per heavy atom. The molecule has 7 nitrogen and oxygen atoms in total. The minimum Gasteiger partial charge on any atom is -0.469 e. The molecule has 1 aromatic carbocycles. The number of carbonyl (C=O) groups is 1. The minimum absolute atomic E-state index is 0.0331. The summed E-state index contributed by atoms with van der Waals surface area (Å²) in [7, 11) is 3.31. The lowest BCUT2D eigenvalue weighted by atomic mass is 9.97. The van der Waals surface area contributed by atoms with Crippen LogP contribution in [0.4, 0.5) is 5.69 Å². The van der Waals surface area contributed by atoms with Gasteiger partial charge >= 0.3 is 5.97 Å². The quantitative estimate of drug-likeness (QED) is 0.311. The van der Waals surface area contributed by atoms with Crippen molar-refractivity contribution >= 4 is 17.6 Å². The molecule has 0 bridgehead atoms. The van der Waals surface area contributed by atoms with Crippen LogP contribution in [0.5, 0.6) is 0 Å². The number of hydrogen-bond donors (Lipinski definition) is 1. The number of methoxy groups -OCH3 is 1. The molecule has 0 aromatic heterocycles. The van der Waals surface area contributed by atoms with Crippen LogP contribution < -0.4 is 10.2 Å². The highest BCUT2D eigenvalue weighted by Gasteiger charge is 2.26. The van der Waals surface area contributed by atoms with E-state index in [2.05, 4.69) is 56.2 Å². The second-order valence-electron chi connectivity index (χ2n) is 8.63. The molecule has 31 heavy (non-hydrogen) atoms. The van der Waals surface area contributed by atoms with E-state index in [1.165, 1.54) is 24.8 Å². The number of hydrogen-bond acceptors (Lipinski definition) is 5. The second-order valence-corrected chi connectivity index (χ2v) is 8.63. The number of carbonyl (C=O) groups excluding carboxylic acids is 1. The van der Waals surface area contributed by atoms with Gasteiger partial charge in [0.15, 0.2) is 5.96 Å². The number of aryl methyl sites for hydroxylation is 1. The van der Waals surface area contributed by atoms with Crippen LogP contribution in [0.3, 0.4) is 0 Å². The number of likely N-dealkylation sites (tertiary alicyclic amines) is 1. The number of piperidine rings is 1. The number of piperazine rings is 1. The van der Waals surface area contributed by atoms with Crippen molar-refractivity contribution in [3.05, 3.63) is 29.8 Å². The molecule has 0 amide bonds. The van der Waals surface area contributed by atoms with Crippen LogP contribution in [0.2, 0.25) is 0 Å². The van der Waals surface area contributed by atoms with E-state index in [0.29, 0.717) is 0 Å². The molecule has 172 valence electrons. The SMILES string of the molecule is CN=C(NCCCCN1CCN(c2cccc(C)c2)CC1)N1CCC(C(=O)OC)CC1. The fourth-order valence-electron chi connectivity index (χ4n) is 4.54. The smallest absolute Gasteiger partial charge is 0.308 e. The van der Waals surface area contributed by atoms with Crippen LogP contribution in [0.25, 0.3) is 0 Å². The van der Waals surface area contributed by atoms with Crippen LogP contribution >= 0.6 is 0 Å². The predicted molar refractivity (Wildman–Crippen MR) is 127 cm³/mol. The van der Waals surface area contributed by atoms with Crippen molar-refractivity contribution in [1.29, 1.82) is 0 Å². The Bertz CT molecular complexity index is 722. The van der Waals surface area contributed by atoms with Gasteiger partial charge in [-0.25, -0.2) is 0 Å². The predicted octanol–water partition coefficient (Wildman–Crippen LogP) is 2.36. The second kappa shape index (κ2) is 11.9. The number of benzene rings is 1.